The Bertz CT molecular complexity index is 704. The molecule has 1 N–H and O–H groups in total. The van der Waals surface area contributed by atoms with E-state index < -0.39 is 10.9 Å². The van der Waals surface area contributed by atoms with E-state index in [1.54, 1.807) is 20.9 Å². The summed E-state index contributed by atoms with van der Waals surface area (Å²) < 4.78 is 10.1. The fourth-order valence-electron chi connectivity index (χ4n) is 1.95. The molecule has 0 bridgehead atoms. The molecule has 2 rings (SSSR count). The molecule has 8 nitrogen and oxygen atoms in total. The maximum atomic E-state index is 12.0. The third-order valence-corrected chi connectivity index (χ3v) is 3.23. The molecule has 1 heterocycles. The van der Waals surface area contributed by atoms with Crippen molar-refractivity contribution in [3.63, 3.8) is 0 Å². The quantitative estimate of drug-likeness (QED) is 0.514. The van der Waals surface area contributed by atoms with Crippen LogP contribution < -0.4 is 5.32 Å². The Kier molecular flexibility index (Phi) is 4.40. The van der Waals surface area contributed by atoms with Crippen LogP contribution in [0.3, 0.4) is 0 Å². The highest BCUT2D eigenvalue weighted by Crippen LogP contribution is 2.25. The SMILES string of the molecule is CNc1ccc(C(=O)OCc2c(C)noc2C)cc1[N+](=O)[O-]. The van der Waals surface area contributed by atoms with Gasteiger partial charge in [-0.1, -0.05) is 5.16 Å². The molecule has 0 spiro atoms. The van der Waals surface area contributed by atoms with Crippen LogP contribution in [0.4, 0.5) is 11.4 Å². The van der Waals surface area contributed by atoms with Gasteiger partial charge in [0.1, 0.15) is 18.1 Å². The third kappa shape index (κ3) is 3.05. The van der Waals surface area contributed by atoms with Crippen LogP contribution in [0.15, 0.2) is 22.7 Å². The van der Waals surface area contributed by atoms with Gasteiger partial charge in [-0.3, -0.25) is 10.1 Å². The summed E-state index contributed by atoms with van der Waals surface area (Å²) >= 11 is 0. The van der Waals surface area contributed by atoms with Crippen LogP contribution in [0.25, 0.3) is 0 Å². The van der Waals surface area contributed by atoms with Crippen LogP contribution in [0.2, 0.25) is 0 Å². The van der Waals surface area contributed by atoms with Crippen molar-refractivity contribution in [2.75, 3.05) is 12.4 Å². The minimum Gasteiger partial charge on any atom is -0.457 e. The van der Waals surface area contributed by atoms with E-state index in [1.165, 1.54) is 18.2 Å². The summed E-state index contributed by atoms with van der Waals surface area (Å²) in [7, 11) is 1.57. The second-order valence-corrected chi connectivity index (χ2v) is 4.62. The van der Waals surface area contributed by atoms with Crippen LogP contribution >= 0.6 is 0 Å². The van der Waals surface area contributed by atoms with E-state index in [9.17, 15) is 14.9 Å². The standard InChI is InChI=1S/C14H15N3O5/c1-8-11(9(2)22-16-8)7-21-14(18)10-4-5-12(15-3)13(6-10)17(19)20/h4-6,15H,7H2,1-3H3. The maximum absolute atomic E-state index is 12.0. The van der Waals surface area contributed by atoms with Gasteiger partial charge in [0.2, 0.25) is 0 Å². The lowest BCUT2D eigenvalue weighted by molar-refractivity contribution is -0.384. The smallest absolute Gasteiger partial charge is 0.338 e. The van der Waals surface area contributed by atoms with E-state index in [4.69, 9.17) is 9.26 Å². The number of esters is 1. The molecule has 0 fully saturated rings. The minimum atomic E-state index is -0.647. The first-order valence-corrected chi connectivity index (χ1v) is 6.49. The van der Waals surface area contributed by atoms with Gasteiger partial charge in [0.25, 0.3) is 5.69 Å². The number of nitro benzene ring substituents is 1. The molecule has 0 amide bonds. The largest absolute Gasteiger partial charge is 0.457 e. The number of rotatable bonds is 5. The van der Waals surface area contributed by atoms with E-state index >= 15 is 0 Å². The lowest BCUT2D eigenvalue weighted by Crippen LogP contribution is -2.07. The summed E-state index contributed by atoms with van der Waals surface area (Å²) in [5.74, 6) is -0.0763. The zero-order chi connectivity index (χ0) is 16.3. The van der Waals surface area contributed by atoms with Crippen molar-refractivity contribution in [2.45, 2.75) is 20.5 Å². The first kappa shape index (κ1) is 15.5. The number of ether oxygens (including phenoxy) is 1. The summed E-state index contributed by atoms with van der Waals surface area (Å²) in [6, 6.07) is 4.11. The Morgan fingerprint density at radius 2 is 2.18 bits per heavy atom. The van der Waals surface area contributed by atoms with E-state index in [-0.39, 0.29) is 17.9 Å². The summed E-state index contributed by atoms with van der Waals surface area (Å²) in [6.07, 6.45) is 0. The highest BCUT2D eigenvalue weighted by Gasteiger charge is 2.18. The van der Waals surface area contributed by atoms with Gasteiger partial charge < -0.3 is 14.6 Å². The monoisotopic (exact) mass is 305 g/mol. The van der Waals surface area contributed by atoms with Crippen molar-refractivity contribution in [1.82, 2.24) is 5.16 Å². The van der Waals surface area contributed by atoms with Gasteiger partial charge in [-0.2, -0.15) is 0 Å². The Morgan fingerprint density at radius 3 is 2.73 bits per heavy atom. The summed E-state index contributed by atoms with van der Waals surface area (Å²) in [5, 5.41) is 17.4. The van der Waals surface area contributed by atoms with Gasteiger partial charge >= 0.3 is 5.97 Å². The molecular formula is C14H15N3O5. The van der Waals surface area contributed by atoms with E-state index in [0.29, 0.717) is 22.7 Å². The number of hydrogen-bond acceptors (Lipinski definition) is 7. The number of nitrogens with one attached hydrogen (secondary N) is 1. The van der Waals surface area contributed by atoms with Crippen molar-refractivity contribution in [1.29, 1.82) is 0 Å². The number of carbonyl (C=O) groups is 1. The van der Waals surface area contributed by atoms with Crippen LogP contribution in [0.5, 0.6) is 0 Å². The number of nitro groups is 1. The number of nitrogens with zero attached hydrogens (tertiary/aromatic N) is 2. The molecule has 0 radical (unpaired) electrons. The number of hydrogen-bond donors (Lipinski definition) is 1. The molecule has 0 unspecified atom stereocenters. The highest BCUT2D eigenvalue weighted by molar-refractivity contribution is 5.91. The van der Waals surface area contributed by atoms with Crippen molar-refractivity contribution in [3.8, 4) is 0 Å². The zero-order valence-electron chi connectivity index (χ0n) is 12.4. The van der Waals surface area contributed by atoms with Crippen molar-refractivity contribution < 1.29 is 19.0 Å². The van der Waals surface area contributed by atoms with Crippen molar-refractivity contribution in [2.24, 2.45) is 0 Å². The number of carbonyl (C=O) groups excluding carboxylic acids is 1. The second-order valence-electron chi connectivity index (χ2n) is 4.62. The molecule has 1 aromatic heterocycles. The molecule has 0 aliphatic carbocycles. The van der Waals surface area contributed by atoms with Gasteiger partial charge in [0, 0.05) is 13.1 Å². The number of aromatic nitrogens is 1. The Labute approximate surface area is 126 Å². The topological polar surface area (TPSA) is 108 Å². The fourth-order valence-corrected chi connectivity index (χ4v) is 1.95. The summed E-state index contributed by atoms with van der Waals surface area (Å²) in [4.78, 5) is 22.4. The number of anilines is 1. The minimum absolute atomic E-state index is 0.00156. The van der Waals surface area contributed by atoms with Gasteiger partial charge in [0.15, 0.2) is 0 Å². The molecule has 2 aromatic rings. The Hall–Kier alpha value is -2.90. The van der Waals surface area contributed by atoms with Gasteiger partial charge in [-0.25, -0.2) is 4.79 Å². The number of aryl methyl sites for hydroxylation is 2. The molecule has 116 valence electrons. The van der Waals surface area contributed by atoms with E-state index in [0.717, 1.165) is 0 Å². The number of benzene rings is 1. The van der Waals surface area contributed by atoms with Crippen molar-refractivity contribution in [3.05, 3.63) is 50.9 Å². The molecular weight excluding hydrogens is 290 g/mol. The van der Waals surface area contributed by atoms with Gasteiger partial charge in [0.05, 0.1) is 21.7 Å². The highest BCUT2D eigenvalue weighted by atomic mass is 16.6. The lowest BCUT2D eigenvalue weighted by atomic mass is 10.1. The average molecular weight is 305 g/mol. The summed E-state index contributed by atoms with van der Waals surface area (Å²) in [6.45, 7) is 3.46. The molecule has 22 heavy (non-hydrogen) atoms. The second kappa shape index (κ2) is 6.25. The van der Waals surface area contributed by atoms with Gasteiger partial charge in [-0.15, -0.1) is 0 Å². The third-order valence-electron chi connectivity index (χ3n) is 3.23. The van der Waals surface area contributed by atoms with Crippen LogP contribution in [0.1, 0.15) is 27.4 Å². The Balaban J connectivity index is 2.16. The summed E-state index contributed by atoms with van der Waals surface area (Å²) in [5.41, 5.74) is 1.58. The average Bonchev–Trinajstić information content (AvgIpc) is 2.82. The zero-order valence-corrected chi connectivity index (χ0v) is 12.4. The molecule has 0 saturated heterocycles. The first-order valence-electron chi connectivity index (χ1n) is 6.49. The molecule has 8 heteroatoms. The maximum Gasteiger partial charge on any atom is 0.338 e. The van der Waals surface area contributed by atoms with Crippen LogP contribution in [-0.4, -0.2) is 23.1 Å². The Morgan fingerprint density at radius 1 is 1.45 bits per heavy atom. The predicted octanol–water partition coefficient (Wildman–Crippen LogP) is 2.60. The normalized spacial score (nSPS) is 10.3. The molecule has 0 saturated carbocycles. The first-order chi connectivity index (χ1) is 10.4. The van der Waals surface area contributed by atoms with E-state index in [2.05, 4.69) is 10.5 Å². The molecule has 0 atom stereocenters. The van der Waals surface area contributed by atoms with Crippen LogP contribution in [0, 0.1) is 24.0 Å². The molecule has 0 aliphatic rings. The van der Waals surface area contributed by atoms with Gasteiger partial charge in [-0.05, 0) is 26.0 Å². The van der Waals surface area contributed by atoms with Crippen LogP contribution in [-0.2, 0) is 11.3 Å². The molecule has 1 aromatic carbocycles. The lowest BCUT2D eigenvalue weighted by Gasteiger charge is -2.06. The predicted molar refractivity (Wildman–Crippen MR) is 77.7 cm³/mol. The van der Waals surface area contributed by atoms with E-state index in [1.807, 2.05) is 0 Å². The molecule has 0 aliphatic heterocycles. The fraction of sp³-hybridized carbons (Fsp3) is 0.286. The van der Waals surface area contributed by atoms with Crippen molar-refractivity contribution >= 4 is 17.3 Å².